The summed E-state index contributed by atoms with van der Waals surface area (Å²) in [7, 11) is 0. The summed E-state index contributed by atoms with van der Waals surface area (Å²) in [6, 6.07) is 8.26. The molecule has 0 aromatic heterocycles. The first-order valence-electron chi connectivity index (χ1n) is 8.03. The molecule has 0 bridgehead atoms. The quantitative estimate of drug-likeness (QED) is 0.791. The summed E-state index contributed by atoms with van der Waals surface area (Å²) >= 11 is 0. The molecule has 0 unspecified atom stereocenters. The van der Waals surface area contributed by atoms with Gasteiger partial charge >= 0.3 is 0 Å². The van der Waals surface area contributed by atoms with E-state index in [1.54, 1.807) is 0 Å². The number of likely N-dealkylation sites (N-methyl/N-ethyl adjacent to an activating group) is 1. The Morgan fingerprint density at radius 2 is 2.10 bits per heavy atom. The zero-order valence-corrected chi connectivity index (χ0v) is 13.0. The van der Waals surface area contributed by atoms with Crippen LogP contribution in [0.2, 0.25) is 0 Å². The lowest BCUT2D eigenvalue weighted by Gasteiger charge is -2.25. The Morgan fingerprint density at radius 3 is 2.76 bits per heavy atom. The van der Waals surface area contributed by atoms with Crippen molar-refractivity contribution in [1.82, 2.24) is 10.2 Å². The molecule has 1 aromatic carbocycles. The van der Waals surface area contributed by atoms with E-state index in [1.807, 2.05) is 18.2 Å². The zero-order valence-electron chi connectivity index (χ0n) is 13.0. The Balaban J connectivity index is 1.82. The fraction of sp³-hybridized carbons (Fsp3) is 0.588. The predicted molar refractivity (Wildman–Crippen MR) is 86.8 cm³/mol. The third kappa shape index (κ3) is 5.38. The van der Waals surface area contributed by atoms with Crippen LogP contribution in [-0.2, 0) is 11.3 Å². The average molecular weight is 289 g/mol. The van der Waals surface area contributed by atoms with E-state index in [2.05, 4.69) is 23.2 Å². The molecule has 21 heavy (non-hydrogen) atoms. The molecule has 116 valence electrons. The highest BCUT2D eigenvalue weighted by Gasteiger charge is 2.17. The molecule has 1 amide bonds. The van der Waals surface area contributed by atoms with Crippen molar-refractivity contribution in [2.45, 2.75) is 51.6 Å². The summed E-state index contributed by atoms with van der Waals surface area (Å²) < 4.78 is 0. The zero-order chi connectivity index (χ0) is 15.1. The Kier molecular flexibility index (Phi) is 6.05. The van der Waals surface area contributed by atoms with Crippen LogP contribution in [0.15, 0.2) is 24.3 Å². The minimum Gasteiger partial charge on any atom is -0.399 e. The molecule has 1 aliphatic rings. The maximum atomic E-state index is 12.2. The molecule has 4 heteroatoms. The van der Waals surface area contributed by atoms with Crippen molar-refractivity contribution in [3.05, 3.63) is 29.8 Å². The van der Waals surface area contributed by atoms with Crippen LogP contribution >= 0.6 is 0 Å². The van der Waals surface area contributed by atoms with Crippen molar-refractivity contribution in [2.75, 3.05) is 18.8 Å². The van der Waals surface area contributed by atoms with E-state index in [-0.39, 0.29) is 5.91 Å². The monoisotopic (exact) mass is 289 g/mol. The summed E-state index contributed by atoms with van der Waals surface area (Å²) in [6.07, 6.45) is 6.06. The number of nitrogens with one attached hydrogen (secondary N) is 1. The van der Waals surface area contributed by atoms with Crippen LogP contribution in [0, 0.1) is 0 Å². The van der Waals surface area contributed by atoms with E-state index in [9.17, 15) is 4.79 Å². The van der Waals surface area contributed by atoms with E-state index in [0.717, 1.165) is 37.2 Å². The highest BCUT2D eigenvalue weighted by Crippen LogP contribution is 2.17. The standard InChI is InChI=1S/C17H27N3O/c1-2-20(12-14-7-6-8-15(18)11-14)13-17(21)19-16-9-4-3-5-10-16/h6-8,11,16H,2-5,9-10,12-13,18H2,1H3,(H,19,21). The first-order chi connectivity index (χ1) is 10.2. The van der Waals surface area contributed by atoms with Gasteiger partial charge in [0.2, 0.25) is 5.91 Å². The van der Waals surface area contributed by atoms with Gasteiger partial charge in [-0.1, -0.05) is 38.3 Å². The van der Waals surface area contributed by atoms with Crippen LogP contribution in [0.25, 0.3) is 0 Å². The number of hydrogen-bond donors (Lipinski definition) is 2. The van der Waals surface area contributed by atoms with Gasteiger partial charge in [-0.15, -0.1) is 0 Å². The Labute approximate surface area is 127 Å². The highest BCUT2D eigenvalue weighted by molar-refractivity contribution is 5.78. The minimum absolute atomic E-state index is 0.146. The molecule has 1 aromatic rings. The number of carbonyl (C=O) groups excluding carboxylic acids is 1. The molecule has 0 radical (unpaired) electrons. The normalized spacial score (nSPS) is 16.1. The Morgan fingerprint density at radius 1 is 1.33 bits per heavy atom. The molecule has 2 rings (SSSR count). The van der Waals surface area contributed by atoms with Crippen LogP contribution in [0.3, 0.4) is 0 Å². The molecule has 1 fully saturated rings. The lowest BCUT2D eigenvalue weighted by molar-refractivity contribution is -0.123. The summed E-state index contributed by atoms with van der Waals surface area (Å²) in [5.41, 5.74) is 7.73. The second-order valence-electron chi connectivity index (χ2n) is 5.95. The number of nitrogens with zero attached hydrogens (tertiary/aromatic N) is 1. The molecule has 1 aliphatic carbocycles. The van der Waals surface area contributed by atoms with E-state index in [1.165, 1.54) is 19.3 Å². The van der Waals surface area contributed by atoms with E-state index < -0.39 is 0 Å². The first-order valence-corrected chi connectivity index (χ1v) is 8.03. The SMILES string of the molecule is CCN(CC(=O)NC1CCCCC1)Cc1cccc(N)c1. The molecule has 1 saturated carbocycles. The van der Waals surface area contributed by atoms with Crippen LogP contribution in [0.1, 0.15) is 44.6 Å². The van der Waals surface area contributed by atoms with Crippen molar-refractivity contribution in [2.24, 2.45) is 0 Å². The van der Waals surface area contributed by atoms with Crippen molar-refractivity contribution < 1.29 is 4.79 Å². The Hall–Kier alpha value is -1.55. The number of anilines is 1. The van der Waals surface area contributed by atoms with Crippen molar-refractivity contribution in [3.63, 3.8) is 0 Å². The molecule has 3 N–H and O–H groups in total. The average Bonchev–Trinajstić information content (AvgIpc) is 2.47. The van der Waals surface area contributed by atoms with Crippen molar-refractivity contribution in [3.8, 4) is 0 Å². The third-order valence-electron chi connectivity index (χ3n) is 4.14. The van der Waals surface area contributed by atoms with Crippen molar-refractivity contribution >= 4 is 11.6 Å². The van der Waals surface area contributed by atoms with Gasteiger partial charge < -0.3 is 11.1 Å². The van der Waals surface area contributed by atoms with Crippen LogP contribution in [0.5, 0.6) is 0 Å². The van der Waals surface area contributed by atoms with Gasteiger partial charge in [-0.05, 0) is 37.1 Å². The highest BCUT2D eigenvalue weighted by atomic mass is 16.2. The van der Waals surface area contributed by atoms with Gasteiger partial charge in [-0.2, -0.15) is 0 Å². The van der Waals surface area contributed by atoms with Gasteiger partial charge in [-0.3, -0.25) is 9.69 Å². The van der Waals surface area contributed by atoms with Gasteiger partial charge in [-0.25, -0.2) is 0 Å². The first kappa shape index (κ1) is 15.8. The number of carbonyl (C=O) groups is 1. The molecule has 0 aliphatic heterocycles. The molecule has 0 spiro atoms. The van der Waals surface area contributed by atoms with Gasteiger partial charge in [0.1, 0.15) is 0 Å². The Bertz CT molecular complexity index is 455. The van der Waals surface area contributed by atoms with E-state index in [4.69, 9.17) is 5.73 Å². The number of benzene rings is 1. The maximum Gasteiger partial charge on any atom is 0.234 e. The molecule has 0 saturated heterocycles. The van der Waals surface area contributed by atoms with Crippen LogP contribution < -0.4 is 11.1 Å². The molecule has 0 atom stereocenters. The second kappa shape index (κ2) is 8.03. The number of hydrogen-bond acceptors (Lipinski definition) is 3. The topological polar surface area (TPSA) is 58.4 Å². The second-order valence-corrected chi connectivity index (χ2v) is 5.95. The molecule has 4 nitrogen and oxygen atoms in total. The van der Waals surface area contributed by atoms with E-state index >= 15 is 0 Å². The van der Waals surface area contributed by atoms with E-state index in [0.29, 0.717) is 12.6 Å². The number of amides is 1. The lowest BCUT2D eigenvalue weighted by atomic mass is 9.95. The fourth-order valence-electron chi connectivity index (χ4n) is 2.95. The largest absolute Gasteiger partial charge is 0.399 e. The minimum atomic E-state index is 0.146. The third-order valence-corrected chi connectivity index (χ3v) is 4.14. The molecular formula is C17H27N3O. The maximum absolute atomic E-state index is 12.2. The smallest absolute Gasteiger partial charge is 0.234 e. The number of rotatable bonds is 6. The lowest BCUT2D eigenvalue weighted by Crippen LogP contribution is -2.42. The predicted octanol–water partition coefficient (Wildman–Crippen LogP) is 2.54. The van der Waals surface area contributed by atoms with Crippen LogP contribution in [0.4, 0.5) is 5.69 Å². The van der Waals surface area contributed by atoms with Crippen molar-refractivity contribution in [1.29, 1.82) is 0 Å². The molecular weight excluding hydrogens is 262 g/mol. The van der Waals surface area contributed by atoms with Gasteiger partial charge in [0.15, 0.2) is 0 Å². The molecule has 0 heterocycles. The summed E-state index contributed by atoms with van der Waals surface area (Å²) in [4.78, 5) is 14.3. The summed E-state index contributed by atoms with van der Waals surface area (Å²) in [5, 5.41) is 3.18. The van der Waals surface area contributed by atoms with Crippen LogP contribution in [-0.4, -0.2) is 29.9 Å². The fourth-order valence-corrected chi connectivity index (χ4v) is 2.95. The summed E-state index contributed by atoms with van der Waals surface area (Å²) in [6.45, 7) is 4.16. The van der Waals surface area contributed by atoms with Gasteiger partial charge in [0, 0.05) is 18.3 Å². The number of nitrogen functional groups attached to an aromatic ring is 1. The van der Waals surface area contributed by atoms with Gasteiger partial charge in [0.05, 0.1) is 6.54 Å². The number of nitrogens with two attached hydrogens (primary N) is 1. The van der Waals surface area contributed by atoms with Gasteiger partial charge in [0.25, 0.3) is 0 Å². The summed E-state index contributed by atoms with van der Waals surface area (Å²) in [5.74, 6) is 0.146.